The number of nitrogens with one attached hydrogen (secondary N) is 1. The van der Waals surface area contributed by atoms with Crippen LogP contribution in [-0.4, -0.2) is 10.9 Å². The molecule has 0 aliphatic heterocycles. The Kier molecular flexibility index (Phi) is 2.76. The minimum Gasteiger partial charge on any atom is -0.472 e. The second-order valence-corrected chi connectivity index (χ2v) is 4.30. The summed E-state index contributed by atoms with van der Waals surface area (Å²) in [6.45, 7) is 2.00. The van der Waals surface area contributed by atoms with Gasteiger partial charge >= 0.3 is 0 Å². The van der Waals surface area contributed by atoms with Crippen LogP contribution >= 0.6 is 0 Å². The number of anilines is 1. The van der Waals surface area contributed by atoms with Crippen molar-refractivity contribution in [2.24, 2.45) is 0 Å². The number of furan rings is 1. The van der Waals surface area contributed by atoms with E-state index < -0.39 is 0 Å². The van der Waals surface area contributed by atoms with Crippen molar-refractivity contribution < 1.29 is 9.21 Å². The molecule has 0 unspecified atom stereocenters. The van der Waals surface area contributed by atoms with Crippen LogP contribution in [0.4, 0.5) is 5.69 Å². The molecule has 0 aliphatic rings. The topological polar surface area (TPSA) is 55.1 Å². The summed E-state index contributed by atoms with van der Waals surface area (Å²) in [5, 5.41) is 3.81. The maximum atomic E-state index is 12.0. The lowest BCUT2D eigenvalue weighted by atomic mass is 10.1. The van der Waals surface area contributed by atoms with Crippen molar-refractivity contribution in [1.82, 2.24) is 4.98 Å². The minimum absolute atomic E-state index is 0.192. The fraction of sp³-hybridized carbons (Fsp3) is 0.0667. The molecular weight excluding hydrogens is 240 g/mol. The van der Waals surface area contributed by atoms with E-state index in [1.165, 1.54) is 12.5 Å². The average Bonchev–Trinajstić information content (AvgIpc) is 2.96. The molecule has 4 nitrogen and oxygen atoms in total. The highest BCUT2D eigenvalue weighted by atomic mass is 16.3. The standard InChI is InChI=1S/C15H12N2O2/c1-10-4-5-13(12-3-2-7-16-14(10)12)17-15(18)11-6-8-19-9-11/h2-9H,1H3,(H,17,18). The summed E-state index contributed by atoms with van der Waals surface area (Å²) in [5.74, 6) is -0.192. The van der Waals surface area contributed by atoms with Gasteiger partial charge in [-0.25, -0.2) is 0 Å². The van der Waals surface area contributed by atoms with Gasteiger partial charge < -0.3 is 9.73 Å². The fourth-order valence-corrected chi connectivity index (χ4v) is 2.01. The van der Waals surface area contributed by atoms with Crippen LogP contribution in [0.15, 0.2) is 53.5 Å². The third-order valence-corrected chi connectivity index (χ3v) is 3.00. The Morgan fingerprint density at radius 2 is 2.16 bits per heavy atom. The molecular formula is C15H12N2O2. The molecule has 3 rings (SSSR count). The number of benzene rings is 1. The van der Waals surface area contributed by atoms with Gasteiger partial charge in [0, 0.05) is 11.6 Å². The van der Waals surface area contributed by atoms with Crippen molar-refractivity contribution >= 4 is 22.5 Å². The van der Waals surface area contributed by atoms with E-state index in [-0.39, 0.29) is 5.91 Å². The Hall–Kier alpha value is -2.62. The molecule has 0 fully saturated rings. The number of carbonyl (C=O) groups is 1. The second kappa shape index (κ2) is 4.57. The van der Waals surface area contributed by atoms with Gasteiger partial charge in [-0.1, -0.05) is 6.07 Å². The lowest BCUT2D eigenvalue weighted by Gasteiger charge is -2.09. The van der Waals surface area contributed by atoms with Crippen LogP contribution in [0.5, 0.6) is 0 Å². The monoisotopic (exact) mass is 252 g/mol. The van der Waals surface area contributed by atoms with Gasteiger partial charge in [0.05, 0.1) is 23.0 Å². The number of aryl methyl sites for hydroxylation is 1. The molecule has 0 radical (unpaired) electrons. The highest BCUT2D eigenvalue weighted by Gasteiger charge is 2.10. The summed E-state index contributed by atoms with van der Waals surface area (Å²) in [6, 6.07) is 9.26. The van der Waals surface area contributed by atoms with Crippen LogP contribution in [0.25, 0.3) is 10.9 Å². The van der Waals surface area contributed by atoms with Crippen molar-refractivity contribution in [3.63, 3.8) is 0 Å². The van der Waals surface area contributed by atoms with Crippen molar-refractivity contribution in [1.29, 1.82) is 0 Å². The fourth-order valence-electron chi connectivity index (χ4n) is 2.01. The van der Waals surface area contributed by atoms with E-state index in [4.69, 9.17) is 4.42 Å². The molecule has 0 aliphatic carbocycles. The van der Waals surface area contributed by atoms with Gasteiger partial charge in [-0.2, -0.15) is 0 Å². The Balaban J connectivity index is 2.02. The third kappa shape index (κ3) is 2.08. The number of carbonyl (C=O) groups excluding carboxylic acids is 1. The summed E-state index contributed by atoms with van der Waals surface area (Å²) in [5.41, 5.74) is 3.22. The molecule has 3 aromatic rings. The first kappa shape index (κ1) is 11.5. The number of hydrogen-bond acceptors (Lipinski definition) is 3. The van der Waals surface area contributed by atoms with E-state index in [0.717, 1.165) is 22.2 Å². The SMILES string of the molecule is Cc1ccc(NC(=O)c2ccoc2)c2cccnc12. The molecule has 0 bridgehead atoms. The molecule has 0 saturated heterocycles. The molecule has 94 valence electrons. The first-order chi connectivity index (χ1) is 9.25. The Morgan fingerprint density at radius 1 is 1.26 bits per heavy atom. The number of pyridine rings is 1. The average molecular weight is 252 g/mol. The van der Waals surface area contributed by atoms with Crippen LogP contribution in [0.2, 0.25) is 0 Å². The quantitative estimate of drug-likeness (QED) is 0.760. The minimum atomic E-state index is -0.192. The molecule has 4 heteroatoms. The number of amides is 1. The lowest BCUT2D eigenvalue weighted by molar-refractivity contribution is 0.102. The Bertz CT molecular complexity index is 733. The van der Waals surface area contributed by atoms with Crippen molar-refractivity contribution in [2.75, 3.05) is 5.32 Å². The summed E-state index contributed by atoms with van der Waals surface area (Å²) in [6.07, 6.45) is 4.64. The molecule has 2 aromatic heterocycles. The van der Waals surface area contributed by atoms with E-state index in [0.29, 0.717) is 5.56 Å². The molecule has 2 heterocycles. The van der Waals surface area contributed by atoms with Crippen LogP contribution in [0, 0.1) is 6.92 Å². The van der Waals surface area contributed by atoms with Gasteiger partial charge in [0.1, 0.15) is 6.26 Å². The molecule has 1 amide bonds. The van der Waals surface area contributed by atoms with Crippen LogP contribution in [0.1, 0.15) is 15.9 Å². The van der Waals surface area contributed by atoms with Crippen molar-refractivity contribution in [2.45, 2.75) is 6.92 Å². The van der Waals surface area contributed by atoms with Gasteiger partial charge in [-0.15, -0.1) is 0 Å². The largest absolute Gasteiger partial charge is 0.472 e. The smallest absolute Gasteiger partial charge is 0.258 e. The number of hydrogen-bond donors (Lipinski definition) is 1. The van der Waals surface area contributed by atoms with Gasteiger partial charge in [-0.3, -0.25) is 9.78 Å². The summed E-state index contributed by atoms with van der Waals surface area (Å²) in [4.78, 5) is 16.4. The number of nitrogens with zero attached hydrogens (tertiary/aromatic N) is 1. The van der Waals surface area contributed by atoms with Crippen LogP contribution in [-0.2, 0) is 0 Å². The second-order valence-electron chi connectivity index (χ2n) is 4.30. The molecule has 1 aromatic carbocycles. The van der Waals surface area contributed by atoms with Crippen molar-refractivity contribution in [3.05, 3.63) is 60.2 Å². The van der Waals surface area contributed by atoms with Gasteiger partial charge in [-0.05, 0) is 36.8 Å². The molecule has 0 saturated carbocycles. The van der Waals surface area contributed by atoms with Crippen LogP contribution in [0.3, 0.4) is 0 Å². The molecule has 19 heavy (non-hydrogen) atoms. The molecule has 1 N–H and O–H groups in total. The highest BCUT2D eigenvalue weighted by Crippen LogP contribution is 2.24. The van der Waals surface area contributed by atoms with Crippen LogP contribution < -0.4 is 5.32 Å². The first-order valence-electron chi connectivity index (χ1n) is 5.93. The Morgan fingerprint density at radius 3 is 2.95 bits per heavy atom. The van der Waals surface area contributed by atoms with E-state index in [1.54, 1.807) is 12.3 Å². The predicted molar refractivity (Wildman–Crippen MR) is 73.1 cm³/mol. The van der Waals surface area contributed by atoms with Crippen molar-refractivity contribution in [3.8, 4) is 0 Å². The van der Waals surface area contributed by atoms with E-state index >= 15 is 0 Å². The predicted octanol–water partition coefficient (Wildman–Crippen LogP) is 3.39. The van der Waals surface area contributed by atoms with E-state index in [9.17, 15) is 4.79 Å². The molecule has 0 spiro atoms. The number of aromatic nitrogens is 1. The number of fused-ring (bicyclic) bond motifs is 1. The maximum absolute atomic E-state index is 12.0. The molecule has 0 atom stereocenters. The maximum Gasteiger partial charge on any atom is 0.258 e. The van der Waals surface area contributed by atoms with E-state index in [2.05, 4.69) is 10.3 Å². The normalized spacial score (nSPS) is 10.6. The zero-order valence-electron chi connectivity index (χ0n) is 10.4. The highest BCUT2D eigenvalue weighted by molar-refractivity contribution is 6.08. The number of rotatable bonds is 2. The summed E-state index contributed by atoms with van der Waals surface area (Å²) in [7, 11) is 0. The zero-order valence-corrected chi connectivity index (χ0v) is 10.4. The Labute approximate surface area is 110 Å². The lowest BCUT2D eigenvalue weighted by Crippen LogP contribution is -2.11. The summed E-state index contributed by atoms with van der Waals surface area (Å²) < 4.78 is 4.91. The van der Waals surface area contributed by atoms with Gasteiger partial charge in [0.15, 0.2) is 0 Å². The van der Waals surface area contributed by atoms with Gasteiger partial charge in [0.2, 0.25) is 0 Å². The third-order valence-electron chi connectivity index (χ3n) is 3.00. The first-order valence-corrected chi connectivity index (χ1v) is 5.93. The van der Waals surface area contributed by atoms with E-state index in [1.807, 2.05) is 31.2 Å². The van der Waals surface area contributed by atoms with Gasteiger partial charge in [0.25, 0.3) is 5.91 Å². The summed E-state index contributed by atoms with van der Waals surface area (Å²) >= 11 is 0. The zero-order chi connectivity index (χ0) is 13.2.